The summed E-state index contributed by atoms with van der Waals surface area (Å²) in [6.45, 7) is 0.894. The van der Waals surface area contributed by atoms with Crippen molar-refractivity contribution in [3.63, 3.8) is 0 Å². The summed E-state index contributed by atoms with van der Waals surface area (Å²) in [5, 5.41) is 8.15. The number of carbonyl (C=O) groups is 1. The molecule has 2 heterocycles. The highest BCUT2D eigenvalue weighted by Crippen LogP contribution is 2.37. The number of benzene rings is 1. The van der Waals surface area contributed by atoms with E-state index in [1.807, 2.05) is 36.1 Å². The minimum Gasteiger partial charge on any atom is -0.338 e. The van der Waals surface area contributed by atoms with Gasteiger partial charge in [-0.25, -0.2) is 0 Å². The Morgan fingerprint density at radius 1 is 1.15 bits per heavy atom. The van der Waals surface area contributed by atoms with Gasteiger partial charge in [-0.2, -0.15) is 5.10 Å². The van der Waals surface area contributed by atoms with E-state index >= 15 is 0 Å². The summed E-state index contributed by atoms with van der Waals surface area (Å²) in [7, 11) is 3.86. The van der Waals surface area contributed by atoms with Gasteiger partial charge in [0.15, 0.2) is 0 Å². The second kappa shape index (κ2) is 7.85. The van der Waals surface area contributed by atoms with E-state index in [1.165, 1.54) is 24.8 Å². The van der Waals surface area contributed by atoms with Crippen molar-refractivity contribution >= 4 is 5.91 Å². The summed E-state index contributed by atoms with van der Waals surface area (Å²) in [6.07, 6.45) is 9.55. The van der Waals surface area contributed by atoms with Crippen LogP contribution in [0.2, 0.25) is 0 Å². The van der Waals surface area contributed by atoms with Gasteiger partial charge in [-0.1, -0.05) is 36.8 Å². The summed E-state index contributed by atoms with van der Waals surface area (Å²) in [6, 6.07) is 11.5. The minimum absolute atomic E-state index is 0.132. The van der Waals surface area contributed by atoms with Crippen molar-refractivity contribution in [3.05, 3.63) is 53.9 Å². The number of nitrogens with one attached hydrogen (secondary N) is 1. The number of nitrogens with zero attached hydrogens (tertiary/aromatic N) is 3. The molecule has 1 aromatic carbocycles. The van der Waals surface area contributed by atoms with Crippen molar-refractivity contribution in [2.45, 2.75) is 44.2 Å². The monoisotopic (exact) mass is 366 g/mol. The first-order valence-electron chi connectivity index (χ1n) is 10.1. The van der Waals surface area contributed by atoms with Gasteiger partial charge in [-0.15, -0.1) is 0 Å². The molecule has 1 aromatic heterocycles. The molecule has 0 radical (unpaired) electrons. The summed E-state index contributed by atoms with van der Waals surface area (Å²) >= 11 is 0. The number of hydrogen-bond donors (Lipinski definition) is 1. The quantitative estimate of drug-likeness (QED) is 0.855. The zero-order valence-corrected chi connectivity index (χ0v) is 16.3. The lowest BCUT2D eigenvalue weighted by Crippen LogP contribution is -2.38. The highest BCUT2D eigenvalue weighted by atomic mass is 16.2. The van der Waals surface area contributed by atoms with E-state index in [0.29, 0.717) is 24.3 Å². The van der Waals surface area contributed by atoms with E-state index in [9.17, 15) is 4.79 Å². The fraction of sp³-hybridized carbons (Fsp3) is 0.545. The Hall–Kier alpha value is -2.14. The van der Waals surface area contributed by atoms with Gasteiger partial charge in [0.2, 0.25) is 5.91 Å². The zero-order valence-electron chi connectivity index (χ0n) is 16.3. The second-order valence-corrected chi connectivity index (χ2v) is 8.26. The van der Waals surface area contributed by atoms with Crippen molar-refractivity contribution in [2.75, 3.05) is 13.6 Å². The van der Waals surface area contributed by atoms with Crippen LogP contribution in [-0.2, 0) is 18.3 Å². The maximum Gasteiger partial charge on any atom is 0.223 e. The first-order chi connectivity index (χ1) is 13.1. The predicted octanol–water partition coefficient (Wildman–Crippen LogP) is 2.94. The molecule has 2 aromatic rings. The summed E-state index contributed by atoms with van der Waals surface area (Å²) in [4.78, 5) is 14.2. The van der Waals surface area contributed by atoms with Gasteiger partial charge in [-0.05, 0) is 30.7 Å². The molecule has 0 unspecified atom stereocenters. The first kappa shape index (κ1) is 18.2. The molecule has 4 atom stereocenters. The molecular formula is C22H30N4O. The Morgan fingerprint density at radius 2 is 1.96 bits per heavy atom. The topological polar surface area (TPSA) is 50.2 Å². The molecule has 5 nitrogen and oxygen atoms in total. The molecule has 27 heavy (non-hydrogen) atoms. The van der Waals surface area contributed by atoms with Crippen LogP contribution in [0, 0.1) is 11.8 Å². The molecule has 0 spiro atoms. The number of hydrogen-bond acceptors (Lipinski definition) is 3. The Balaban J connectivity index is 1.40. The van der Waals surface area contributed by atoms with Gasteiger partial charge in [0, 0.05) is 50.8 Å². The molecule has 1 saturated carbocycles. The lowest BCUT2D eigenvalue weighted by atomic mass is 9.92. The molecule has 1 aliphatic heterocycles. The average molecular weight is 367 g/mol. The molecule has 2 aliphatic rings. The number of aryl methyl sites for hydroxylation is 1. The van der Waals surface area contributed by atoms with Gasteiger partial charge >= 0.3 is 0 Å². The maximum atomic E-state index is 12.3. The fourth-order valence-corrected chi connectivity index (χ4v) is 4.99. The van der Waals surface area contributed by atoms with Crippen molar-refractivity contribution in [3.8, 4) is 0 Å². The Kier molecular flexibility index (Phi) is 5.30. The van der Waals surface area contributed by atoms with E-state index in [-0.39, 0.29) is 11.9 Å². The molecule has 144 valence electrons. The lowest BCUT2D eigenvalue weighted by Gasteiger charge is -2.27. The van der Waals surface area contributed by atoms with Crippen LogP contribution in [0.5, 0.6) is 0 Å². The fourth-order valence-electron chi connectivity index (χ4n) is 4.99. The molecule has 5 heteroatoms. The highest BCUT2D eigenvalue weighted by Gasteiger charge is 2.39. The molecule has 1 aliphatic carbocycles. The largest absolute Gasteiger partial charge is 0.338 e. The van der Waals surface area contributed by atoms with E-state index < -0.39 is 0 Å². The number of aromatic nitrogens is 2. The molecule has 1 amide bonds. The van der Waals surface area contributed by atoms with Crippen LogP contribution in [0.25, 0.3) is 0 Å². The van der Waals surface area contributed by atoms with Gasteiger partial charge in [0.25, 0.3) is 0 Å². The normalized spacial score (nSPS) is 28.2. The average Bonchev–Trinajstić information content (AvgIpc) is 3.35. The van der Waals surface area contributed by atoms with E-state index in [2.05, 4.69) is 40.7 Å². The Morgan fingerprint density at radius 3 is 2.70 bits per heavy atom. The Bertz CT molecular complexity index is 772. The first-order valence-corrected chi connectivity index (χ1v) is 10.1. The summed E-state index contributed by atoms with van der Waals surface area (Å²) < 4.78 is 1.82. The SMILES string of the molecule is CN1C(=O)C[C@@H](CN[C@@H]2CCC[C@H]2Cc2ccccc2)[C@@H]1c1cnn(C)c1. The molecule has 2 fully saturated rings. The lowest BCUT2D eigenvalue weighted by molar-refractivity contribution is -0.127. The van der Waals surface area contributed by atoms with E-state index in [4.69, 9.17) is 0 Å². The van der Waals surface area contributed by atoms with Gasteiger partial charge in [-0.3, -0.25) is 9.48 Å². The number of rotatable bonds is 6. The van der Waals surface area contributed by atoms with Crippen molar-refractivity contribution in [1.29, 1.82) is 0 Å². The molecular weight excluding hydrogens is 336 g/mol. The summed E-state index contributed by atoms with van der Waals surface area (Å²) in [5.41, 5.74) is 2.57. The number of amides is 1. The minimum atomic E-state index is 0.132. The third kappa shape index (κ3) is 3.93. The van der Waals surface area contributed by atoms with Crippen LogP contribution in [-0.4, -0.2) is 40.2 Å². The molecule has 1 N–H and O–H groups in total. The summed E-state index contributed by atoms with van der Waals surface area (Å²) in [5.74, 6) is 1.24. The number of likely N-dealkylation sites (tertiary alicyclic amines) is 1. The van der Waals surface area contributed by atoms with Crippen LogP contribution < -0.4 is 5.32 Å². The van der Waals surface area contributed by atoms with Gasteiger partial charge in [0.05, 0.1) is 12.2 Å². The van der Waals surface area contributed by atoms with Crippen LogP contribution >= 0.6 is 0 Å². The third-order valence-corrected chi connectivity index (χ3v) is 6.40. The molecule has 0 bridgehead atoms. The molecule has 4 rings (SSSR count). The van der Waals surface area contributed by atoms with Crippen molar-refractivity contribution < 1.29 is 4.79 Å². The van der Waals surface area contributed by atoms with Crippen LogP contribution in [0.3, 0.4) is 0 Å². The Labute approximate surface area is 161 Å². The zero-order chi connectivity index (χ0) is 18.8. The van der Waals surface area contributed by atoms with Crippen LogP contribution in [0.1, 0.15) is 42.9 Å². The van der Waals surface area contributed by atoms with Crippen molar-refractivity contribution in [2.24, 2.45) is 18.9 Å². The van der Waals surface area contributed by atoms with Crippen LogP contribution in [0.4, 0.5) is 0 Å². The standard InChI is InChI=1S/C22H30N4O/c1-25-15-19(14-24-25)22-18(12-21(27)26(22)2)13-23-20-10-6-9-17(20)11-16-7-4-3-5-8-16/h3-5,7-8,14-15,17-18,20,22-23H,6,9-13H2,1-2H3/t17-,18-,20+,22+/m0/s1. The van der Waals surface area contributed by atoms with Gasteiger partial charge in [0.1, 0.15) is 0 Å². The van der Waals surface area contributed by atoms with E-state index in [0.717, 1.165) is 18.5 Å². The second-order valence-electron chi connectivity index (χ2n) is 8.26. The smallest absolute Gasteiger partial charge is 0.223 e. The van der Waals surface area contributed by atoms with Gasteiger partial charge < -0.3 is 10.2 Å². The van der Waals surface area contributed by atoms with E-state index in [1.54, 1.807) is 0 Å². The maximum absolute atomic E-state index is 12.3. The number of carbonyl (C=O) groups excluding carboxylic acids is 1. The molecule has 1 saturated heterocycles. The predicted molar refractivity (Wildman–Crippen MR) is 106 cm³/mol. The highest BCUT2D eigenvalue weighted by molar-refractivity contribution is 5.79. The van der Waals surface area contributed by atoms with Crippen molar-refractivity contribution in [1.82, 2.24) is 20.0 Å². The van der Waals surface area contributed by atoms with Crippen LogP contribution in [0.15, 0.2) is 42.7 Å². The third-order valence-electron chi connectivity index (χ3n) is 6.40.